The Kier molecular flexibility index (Phi) is 7.35. The van der Waals surface area contributed by atoms with Crippen LogP contribution >= 0.6 is 11.8 Å². The first-order valence-corrected chi connectivity index (χ1v) is 10.8. The van der Waals surface area contributed by atoms with E-state index in [4.69, 9.17) is 0 Å². The molecule has 1 N–H and O–H groups in total. The number of carbonyl (C=O) groups excluding carboxylic acids is 1. The van der Waals surface area contributed by atoms with E-state index in [0.717, 1.165) is 30.4 Å². The van der Waals surface area contributed by atoms with Gasteiger partial charge < -0.3 is 10.2 Å². The van der Waals surface area contributed by atoms with Gasteiger partial charge in [0.1, 0.15) is 0 Å². The van der Waals surface area contributed by atoms with Crippen LogP contribution in [0.15, 0.2) is 35.7 Å². The fraction of sp³-hybridized carbons (Fsp3) is 0.524. The molecule has 27 heavy (non-hydrogen) atoms. The molecule has 1 aromatic carbocycles. The highest BCUT2D eigenvalue weighted by Crippen LogP contribution is 2.22. The zero-order valence-corrected chi connectivity index (χ0v) is 17.2. The predicted molar refractivity (Wildman–Crippen MR) is 112 cm³/mol. The number of nitrogens with zero attached hydrogens (tertiary/aromatic N) is 3. The molecule has 1 aromatic heterocycles. The van der Waals surface area contributed by atoms with Gasteiger partial charge in [-0.1, -0.05) is 24.2 Å². The number of nitrogens with one attached hydrogen (secondary N) is 1. The molecule has 1 fully saturated rings. The lowest BCUT2D eigenvalue weighted by Gasteiger charge is -2.26. The highest BCUT2D eigenvalue weighted by Gasteiger charge is 2.11. The van der Waals surface area contributed by atoms with E-state index in [1.807, 2.05) is 10.8 Å². The molecule has 0 spiro atoms. The Morgan fingerprint density at radius 2 is 2.00 bits per heavy atom. The average Bonchev–Trinajstić information content (AvgIpc) is 3.15. The number of piperidine rings is 1. The first-order valence-electron chi connectivity index (χ1n) is 9.86. The molecule has 0 unspecified atom stereocenters. The zero-order valence-electron chi connectivity index (χ0n) is 16.4. The number of hydrogen-bond acceptors (Lipinski definition) is 4. The highest BCUT2D eigenvalue weighted by molar-refractivity contribution is 7.99. The molecular weight excluding hydrogens is 356 g/mol. The largest absolute Gasteiger partial charge is 0.355 e. The smallest absolute Gasteiger partial charge is 0.230 e. The fourth-order valence-corrected chi connectivity index (χ4v) is 4.17. The average molecular weight is 387 g/mol. The first-order chi connectivity index (χ1) is 13.1. The lowest BCUT2D eigenvalue weighted by Crippen LogP contribution is -2.33. The third-order valence-corrected chi connectivity index (χ3v) is 6.10. The van der Waals surface area contributed by atoms with Gasteiger partial charge in [-0.3, -0.25) is 9.36 Å². The van der Waals surface area contributed by atoms with Crippen molar-refractivity contribution in [3.63, 3.8) is 0 Å². The van der Waals surface area contributed by atoms with Crippen LogP contribution in [0.5, 0.6) is 0 Å². The minimum atomic E-state index is 0.0771. The maximum Gasteiger partial charge on any atom is 0.230 e. The second kappa shape index (κ2) is 9.95. The van der Waals surface area contributed by atoms with Crippen LogP contribution in [-0.2, 0) is 4.79 Å². The maximum absolute atomic E-state index is 12.2. The Balaban J connectivity index is 1.42. The summed E-state index contributed by atoms with van der Waals surface area (Å²) in [5.41, 5.74) is 3.61. The highest BCUT2D eigenvalue weighted by atomic mass is 32.2. The molecule has 0 aliphatic carbocycles. The molecule has 1 amide bonds. The van der Waals surface area contributed by atoms with E-state index in [-0.39, 0.29) is 5.91 Å². The topological polar surface area (TPSA) is 50.2 Å². The number of hydrogen-bond donors (Lipinski definition) is 1. The van der Waals surface area contributed by atoms with Gasteiger partial charge in [0.15, 0.2) is 5.16 Å². The van der Waals surface area contributed by atoms with Crippen molar-refractivity contribution in [2.45, 2.75) is 44.7 Å². The van der Waals surface area contributed by atoms with Gasteiger partial charge in [0.2, 0.25) is 5.91 Å². The Hall–Kier alpha value is -1.79. The molecule has 0 saturated carbocycles. The van der Waals surface area contributed by atoms with Crippen molar-refractivity contribution < 1.29 is 4.79 Å². The van der Waals surface area contributed by atoms with Gasteiger partial charge in [0.05, 0.1) is 5.75 Å². The van der Waals surface area contributed by atoms with Gasteiger partial charge in [-0.15, -0.1) is 0 Å². The van der Waals surface area contributed by atoms with E-state index in [0.29, 0.717) is 5.75 Å². The molecule has 1 aliphatic heterocycles. The van der Waals surface area contributed by atoms with E-state index >= 15 is 0 Å². The number of carbonyl (C=O) groups is 1. The molecule has 5 nitrogen and oxygen atoms in total. The summed E-state index contributed by atoms with van der Waals surface area (Å²) in [7, 11) is 0. The second-order valence-corrected chi connectivity index (χ2v) is 8.19. The summed E-state index contributed by atoms with van der Waals surface area (Å²) in [6, 6.07) is 6.37. The van der Waals surface area contributed by atoms with Crippen LogP contribution in [0, 0.1) is 13.8 Å². The van der Waals surface area contributed by atoms with Crippen LogP contribution in [-0.4, -0.2) is 52.3 Å². The van der Waals surface area contributed by atoms with Crippen molar-refractivity contribution in [1.82, 2.24) is 19.8 Å². The predicted octanol–water partition coefficient (Wildman–Crippen LogP) is 3.57. The number of rotatable bonds is 8. The SMILES string of the molecule is Cc1ccc(-n2ccnc2SCC(=O)NCCCN2CCCCC2)cc1C. The number of benzene rings is 1. The Bertz CT molecular complexity index is 752. The van der Waals surface area contributed by atoms with Crippen molar-refractivity contribution in [2.24, 2.45) is 0 Å². The van der Waals surface area contributed by atoms with Crippen LogP contribution in [0.2, 0.25) is 0 Å². The number of aromatic nitrogens is 2. The molecule has 2 aromatic rings. The number of imidazole rings is 1. The number of thioether (sulfide) groups is 1. The van der Waals surface area contributed by atoms with Crippen molar-refractivity contribution in [1.29, 1.82) is 0 Å². The lowest BCUT2D eigenvalue weighted by atomic mass is 10.1. The minimum Gasteiger partial charge on any atom is -0.355 e. The Morgan fingerprint density at radius 3 is 2.78 bits per heavy atom. The normalized spacial score (nSPS) is 15.0. The van der Waals surface area contributed by atoms with E-state index in [1.165, 1.54) is 55.2 Å². The van der Waals surface area contributed by atoms with Gasteiger partial charge in [-0.2, -0.15) is 0 Å². The third-order valence-electron chi connectivity index (χ3n) is 5.13. The number of likely N-dealkylation sites (tertiary alicyclic amines) is 1. The lowest BCUT2D eigenvalue weighted by molar-refractivity contribution is -0.118. The van der Waals surface area contributed by atoms with Crippen LogP contribution in [0.1, 0.15) is 36.8 Å². The monoisotopic (exact) mass is 386 g/mol. The summed E-state index contributed by atoms with van der Waals surface area (Å²) < 4.78 is 2.04. The van der Waals surface area contributed by atoms with Crippen molar-refractivity contribution in [3.8, 4) is 5.69 Å². The molecule has 0 bridgehead atoms. The number of aryl methyl sites for hydroxylation is 2. The van der Waals surface area contributed by atoms with E-state index in [1.54, 1.807) is 6.20 Å². The van der Waals surface area contributed by atoms with Crippen LogP contribution < -0.4 is 5.32 Å². The van der Waals surface area contributed by atoms with Gasteiger partial charge >= 0.3 is 0 Å². The first kappa shape index (κ1) is 20.0. The maximum atomic E-state index is 12.2. The summed E-state index contributed by atoms with van der Waals surface area (Å²) in [5.74, 6) is 0.472. The standard InChI is InChI=1S/C21H30N4OS/c1-17-7-8-19(15-18(17)2)25-14-10-23-21(25)27-16-20(26)22-9-6-13-24-11-4-3-5-12-24/h7-8,10,14-15H,3-6,9,11-13,16H2,1-2H3,(H,22,26). The van der Waals surface area contributed by atoms with Crippen molar-refractivity contribution >= 4 is 17.7 Å². The second-order valence-electron chi connectivity index (χ2n) is 7.24. The molecule has 6 heteroatoms. The zero-order chi connectivity index (χ0) is 19.1. The molecular formula is C21H30N4OS. The fourth-order valence-electron chi connectivity index (χ4n) is 3.36. The van der Waals surface area contributed by atoms with E-state index < -0.39 is 0 Å². The summed E-state index contributed by atoms with van der Waals surface area (Å²) in [6.07, 6.45) is 8.75. The van der Waals surface area contributed by atoms with Gasteiger partial charge in [0.25, 0.3) is 0 Å². The van der Waals surface area contributed by atoms with E-state index in [2.05, 4.69) is 47.2 Å². The van der Waals surface area contributed by atoms with Crippen molar-refractivity contribution in [3.05, 3.63) is 41.7 Å². The minimum absolute atomic E-state index is 0.0771. The third kappa shape index (κ3) is 5.84. The molecule has 1 saturated heterocycles. The van der Waals surface area contributed by atoms with Crippen LogP contribution in [0.3, 0.4) is 0 Å². The summed E-state index contributed by atoms with van der Waals surface area (Å²) >= 11 is 1.48. The quantitative estimate of drug-likeness (QED) is 0.557. The molecule has 3 rings (SSSR count). The molecule has 146 valence electrons. The van der Waals surface area contributed by atoms with Gasteiger partial charge in [-0.05, 0) is 76.0 Å². The van der Waals surface area contributed by atoms with Gasteiger partial charge in [-0.25, -0.2) is 4.98 Å². The Labute approximate surface area is 166 Å². The number of amides is 1. The van der Waals surface area contributed by atoms with Gasteiger partial charge in [0, 0.05) is 24.6 Å². The summed E-state index contributed by atoms with van der Waals surface area (Å²) in [4.78, 5) is 19.1. The van der Waals surface area contributed by atoms with Crippen LogP contribution in [0.25, 0.3) is 5.69 Å². The Morgan fingerprint density at radius 1 is 1.19 bits per heavy atom. The van der Waals surface area contributed by atoms with Crippen molar-refractivity contribution in [2.75, 3.05) is 31.9 Å². The summed E-state index contributed by atoms with van der Waals surface area (Å²) in [6.45, 7) is 8.49. The van der Waals surface area contributed by atoms with E-state index in [9.17, 15) is 4.79 Å². The molecule has 2 heterocycles. The molecule has 0 atom stereocenters. The summed E-state index contributed by atoms with van der Waals surface area (Å²) in [5, 5.41) is 3.89. The van der Waals surface area contributed by atoms with Crippen LogP contribution in [0.4, 0.5) is 0 Å². The molecule has 0 radical (unpaired) electrons. The molecule has 1 aliphatic rings.